The second-order valence-corrected chi connectivity index (χ2v) is 36.3. The van der Waals surface area contributed by atoms with Gasteiger partial charge in [0.1, 0.15) is 0 Å². The van der Waals surface area contributed by atoms with E-state index in [-0.39, 0.29) is 29.5 Å². The van der Waals surface area contributed by atoms with Crippen molar-refractivity contribution in [2.75, 3.05) is 61.5 Å². The third-order valence-corrected chi connectivity index (χ3v) is 24.1. The summed E-state index contributed by atoms with van der Waals surface area (Å²) in [5, 5.41) is 28.8. The lowest BCUT2D eigenvalue weighted by Gasteiger charge is -2.17. The summed E-state index contributed by atoms with van der Waals surface area (Å²) in [6.45, 7) is 36.4. The zero-order valence-electron chi connectivity index (χ0n) is 61.5. The average Bonchev–Trinajstić information content (AvgIpc) is 1.52. The summed E-state index contributed by atoms with van der Waals surface area (Å²) in [4.78, 5) is 73.2. The maximum absolute atomic E-state index is 13.5. The third kappa shape index (κ3) is 27.2. The Labute approximate surface area is 596 Å². The Morgan fingerprint density at radius 3 is 0.568 bits per heavy atom. The highest BCUT2D eigenvalue weighted by molar-refractivity contribution is 8.00. The lowest BCUT2D eigenvalue weighted by Crippen LogP contribution is -2.27. The summed E-state index contributed by atoms with van der Waals surface area (Å²) in [6.07, 6.45) is 19.6. The van der Waals surface area contributed by atoms with Gasteiger partial charge in [0.2, 0.25) is 29.5 Å². The van der Waals surface area contributed by atoms with Crippen LogP contribution in [-0.2, 0) is 24.0 Å². The Hall–Kier alpha value is -3.50. The van der Waals surface area contributed by atoms with Gasteiger partial charge in [-0.15, -0.1) is 58.8 Å². The Bertz CT molecular complexity index is 2750. The highest BCUT2D eigenvalue weighted by Gasteiger charge is 2.29. The maximum Gasteiger partial charge on any atom is 0.220 e. The second-order valence-electron chi connectivity index (χ2n) is 30.6. The van der Waals surface area contributed by atoms with Crippen molar-refractivity contribution in [3.8, 4) is 0 Å². The summed E-state index contributed by atoms with van der Waals surface area (Å²) >= 11 is 9.08. The monoisotopic (exact) mass is 1400 g/mol. The van der Waals surface area contributed by atoms with Crippen molar-refractivity contribution in [3.05, 3.63) is 30.3 Å². The zero-order chi connectivity index (χ0) is 69.1. The number of carbonyl (C=O) groups excluding carboxylic acids is 5. The van der Waals surface area contributed by atoms with Crippen molar-refractivity contribution in [2.24, 2.45) is 59.2 Å². The third-order valence-electron chi connectivity index (χ3n) is 18.8. The maximum atomic E-state index is 13.5. The Morgan fingerprint density at radius 2 is 0.421 bits per heavy atom. The fraction of sp³-hybridized carbons (Fsp3) is 0.688. The summed E-state index contributed by atoms with van der Waals surface area (Å²) in [7, 11) is 0. The molecular formula is C80H125N5O5S5. The molecule has 0 aliphatic rings. The molecule has 15 heteroatoms. The summed E-state index contributed by atoms with van der Waals surface area (Å²) in [5.41, 5.74) is 0. The molecule has 5 N–H and O–H groups in total. The minimum Gasteiger partial charge on any atom is -0.355 e. The molecule has 0 saturated carbocycles. The smallest absolute Gasteiger partial charge is 0.220 e. The van der Waals surface area contributed by atoms with E-state index in [9.17, 15) is 24.0 Å². The molecule has 0 radical (unpaired) electrons. The lowest BCUT2D eigenvalue weighted by molar-refractivity contribution is -0.122. The molecule has 0 aromatic heterocycles. The van der Waals surface area contributed by atoms with Crippen molar-refractivity contribution < 1.29 is 24.0 Å². The van der Waals surface area contributed by atoms with E-state index in [0.29, 0.717) is 153 Å². The number of carbonyl (C=O) groups is 5. The van der Waals surface area contributed by atoms with Crippen LogP contribution in [0.25, 0.3) is 53.9 Å². The summed E-state index contributed by atoms with van der Waals surface area (Å²) in [5.74, 6) is 9.12. The number of hydrogen-bond acceptors (Lipinski definition) is 10. The minimum absolute atomic E-state index is 0.115. The molecule has 5 amide bonds. The predicted molar refractivity (Wildman–Crippen MR) is 419 cm³/mol. The fourth-order valence-electron chi connectivity index (χ4n) is 13.5. The molecule has 0 saturated heterocycles. The molecule has 5 atom stereocenters. The van der Waals surface area contributed by atoms with Gasteiger partial charge in [0, 0.05) is 118 Å². The quantitative estimate of drug-likeness (QED) is 0.0142. The van der Waals surface area contributed by atoms with Gasteiger partial charge in [-0.1, -0.05) is 200 Å². The van der Waals surface area contributed by atoms with Crippen LogP contribution in [0.2, 0.25) is 0 Å². The number of thioether (sulfide) groups is 5. The highest BCUT2D eigenvalue weighted by atomic mass is 32.2. The molecule has 530 valence electrons. The zero-order valence-corrected chi connectivity index (χ0v) is 65.5. The number of nitrogens with one attached hydrogen (secondary N) is 5. The lowest BCUT2D eigenvalue weighted by atomic mass is 9.97. The van der Waals surface area contributed by atoms with E-state index in [1.165, 1.54) is 110 Å². The van der Waals surface area contributed by atoms with E-state index >= 15 is 0 Å². The van der Waals surface area contributed by atoms with Gasteiger partial charge in [0.25, 0.3) is 0 Å². The van der Waals surface area contributed by atoms with Gasteiger partial charge in [-0.05, 0) is 143 Å². The first-order valence-electron chi connectivity index (χ1n) is 37.2. The number of benzene rings is 5. The molecule has 0 spiro atoms. The van der Waals surface area contributed by atoms with Crippen molar-refractivity contribution in [1.29, 1.82) is 0 Å². The number of rotatable bonds is 50. The van der Waals surface area contributed by atoms with Crippen LogP contribution in [0.5, 0.6) is 0 Å². The number of amides is 5. The Kier molecular flexibility index (Phi) is 35.5. The van der Waals surface area contributed by atoms with Crippen LogP contribution < -0.4 is 26.6 Å². The summed E-state index contributed by atoms with van der Waals surface area (Å²) in [6, 6.07) is 12.1. The van der Waals surface area contributed by atoms with Crippen LogP contribution >= 0.6 is 58.8 Å². The van der Waals surface area contributed by atoms with Crippen LogP contribution in [0.4, 0.5) is 0 Å². The first kappa shape index (κ1) is 80.5. The van der Waals surface area contributed by atoms with Crippen molar-refractivity contribution in [3.63, 3.8) is 0 Å². The molecule has 0 bridgehead atoms. The average molecular weight is 1400 g/mol. The first-order chi connectivity index (χ1) is 45.4. The van der Waals surface area contributed by atoms with Crippen LogP contribution in [0.1, 0.15) is 232 Å². The summed E-state index contributed by atoms with van der Waals surface area (Å²) < 4.78 is 0. The van der Waals surface area contributed by atoms with Gasteiger partial charge < -0.3 is 26.6 Å². The topological polar surface area (TPSA) is 146 Å². The normalized spacial score (nSPS) is 13.9. The van der Waals surface area contributed by atoms with Crippen LogP contribution in [-0.4, -0.2) is 91.0 Å². The largest absolute Gasteiger partial charge is 0.355 e. The molecule has 10 nitrogen and oxygen atoms in total. The van der Waals surface area contributed by atoms with E-state index in [2.05, 4.69) is 161 Å². The van der Waals surface area contributed by atoms with E-state index in [0.717, 1.165) is 64.2 Å². The van der Waals surface area contributed by atoms with Crippen LogP contribution in [0.15, 0.2) is 54.8 Å². The van der Waals surface area contributed by atoms with Gasteiger partial charge >= 0.3 is 0 Å². The molecule has 95 heavy (non-hydrogen) atoms. The molecule has 6 aromatic carbocycles. The fourth-order valence-corrected chi connectivity index (χ4v) is 18.2. The van der Waals surface area contributed by atoms with E-state index in [4.69, 9.17) is 0 Å². The Balaban J connectivity index is 1.42. The van der Waals surface area contributed by atoms with Crippen molar-refractivity contribution >= 4 is 142 Å². The molecule has 0 heterocycles. The highest BCUT2D eigenvalue weighted by Crippen LogP contribution is 2.57. The SMILES string of the molecule is CC(C)CCC[C@H](C)CC(=O)NCCSc1cc2c(SCCNC(=O)C[C@@H](C)CCCC(C)C)cc3c(SCCNC(=O)C[C@@H](C)CCCC(C)C)cc4c(SCCNC(=O)C[C@@H](C)CCCC(C)C)cc5c(SCCNC(=O)C[C@@H](C)CCCC(C)C)cc1c1c5c4c3c21. The van der Waals surface area contributed by atoms with Crippen LogP contribution in [0.3, 0.4) is 0 Å². The molecule has 0 aliphatic heterocycles. The standard InChI is InChI=1S/C80H125N5O5S5/c1-51(2)21-16-26-56(11)41-71(86)81-31-36-91-66-46-62-68(93-38-33-83-73(88)43-58(13)28-18-23-53(5)6)48-64-70(95-40-35-85-75(90)45-60(15)30-20-25-55(9)10)50-65-69(94-39-34-84-74(89)44-59(14)29-19-24-54(7)8)49-63-67(47-61(66)76-77(62)79(64)80(65)78(63)76)92-37-32-82-72(87)42-57(12)27-17-22-52(3)4/h46-60H,16-45H2,1-15H3,(H,81,86)(H,82,87)(H,83,88)(H,84,89)(H,85,90)/t56-,57-,58-,59-,60-/m0/s1. The molecule has 0 aliphatic carbocycles. The van der Waals surface area contributed by atoms with E-state index < -0.39 is 0 Å². The van der Waals surface area contributed by atoms with Gasteiger partial charge in [0.15, 0.2) is 0 Å². The van der Waals surface area contributed by atoms with Gasteiger partial charge in [-0.2, -0.15) is 0 Å². The van der Waals surface area contributed by atoms with E-state index in [1.54, 1.807) is 0 Å². The van der Waals surface area contributed by atoms with Crippen molar-refractivity contribution in [2.45, 2.75) is 257 Å². The van der Waals surface area contributed by atoms with Crippen LogP contribution in [0, 0.1) is 59.2 Å². The van der Waals surface area contributed by atoms with Gasteiger partial charge in [-0.25, -0.2) is 0 Å². The first-order valence-corrected chi connectivity index (χ1v) is 42.1. The number of hydrogen-bond donors (Lipinski definition) is 5. The minimum atomic E-state index is 0.115. The van der Waals surface area contributed by atoms with Gasteiger partial charge in [0.05, 0.1) is 0 Å². The molecular weight excluding hydrogens is 1270 g/mol. The van der Waals surface area contributed by atoms with Crippen molar-refractivity contribution in [1.82, 2.24) is 26.6 Å². The molecule has 6 rings (SSSR count). The van der Waals surface area contributed by atoms with Gasteiger partial charge in [-0.3, -0.25) is 24.0 Å². The van der Waals surface area contributed by atoms with E-state index in [1.807, 2.05) is 58.8 Å². The second kappa shape index (κ2) is 41.9. The molecule has 6 aromatic rings. The predicted octanol–water partition coefficient (Wildman–Crippen LogP) is 21.1. The molecule has 0 fully saturated rings. The molecule has 0 unspecified atom stereocenters. The Morgan fingerprint density at radius 1 is 0.263 bits per heavy atom.